The summed E-state index contributed by atoms with van der Waals surface area (Å²) in [5.41, 5.74) is 0.595. The minimum absolute atomic E-state index is 0.181. The number of nitrogens with zero attached hydrogens (tertiary/aromatic N) is 1. The highest BCUT2D eigenvalue weighted by Gasteiger charge is 2.34. The second-order valence-corrected chi connectivity index (χ2v) is 8.24. The van der Waals surface area contributed by atoms with Crippen LogP contribution in [0.15, 0.2) is 22.7 Å². The van der Waals surface area contributed by atoms with Crippen molar-refractivity contribution in [1.82, 2.24) is 0 Å². The fourth-order valence-corrected chi connectivity index (χ4v) is 2.86. The summed E-state index contributed by atoms with van der Waals surface area (Å²) in [7, 11) is -3.43. The van der Waals surface area contributed by atoms with Gasteiger partial charge in [-0.25, -0.2) is 8.42 Å². The van der Waals surface area contributed by atoms with Crippen LogP contribution in [0.4, 0.5) is 5.69 Å². The Morgan fingerprint density at radius 3 is 2.75 bits per heavy atom. The normalized spacial score (nSPS) is 20.0. The number of carbonyl (C=O) groups is 1. The lowest BCUT2D eigenvalue weighted by atomic mass is 10.2. The smallest absolute Gasteiger partial charge is 0.245 e. The zero-order chi connectivity index (χ0) is 15.1. The van der Waals surface area contributed by atoms with Crippen molar-refractivity contribution >= 4 is 37.4 Å². The third-order valence-electron chi connectivity index (χ3n) is 3.24. The molecule has 0 N–H and O–H groups in total. The van der Waals surface area contributed by atoms with Crippen LogP contribution >= 0.6 is 15.9 Å². The van der Waals surface area contributed by atoms with Gasteiger partial charge in [-0.3, -0.25) is 4.79 Å². The Bertz CT molecular complexity index is 644. The summed E-state index contributed by atoms with van der Waals surface area (Å²) in [6, 6.07) is 5.34. The lowest BCUT2D eigenvalue weighted by molar-refractivity contribution is -0.118. The van der Waals surface area contributed by atoms with Crippen LogP contribution in [-0.2, 0) is 14.6 Å². The number of anilines is 1. The molecule has 2 rings (SSSR count). The third-order valence-corrected chi connectivity index (χ3v) is 5.21. The van der Waals surface area contributed by atoms with Gasteiger partial charge in [0.15, 0.2) is 9.84 Å². The van der Waals surface area contributed by atoms with E-state index in [9.17, 15) is 13.2 Å². The molecule has 1 amide bonds. The van der Waals surface area contributed by atoms with Gasteiger partial charge in [-0.05, 0) is 32.0 Å². The lowest BCUT2D eigenvalue weighted by Crippen LogP contribution is -2.47. The molecule has 0 aromatic heterocycles. The first-order valence-corrected chi connectivity index (χ1v) is 8.91. The van der Waals surface area contributed by atoms with Crippen LogP contribution in [0.25, 0.3) is 0 Å². The number of ether oxygens (including phenoxy) is 1. The van der Waals surface area contributed by atoms with Crippen molar-refractivity contribution in [2.75, 3.05) is 17.7 Å². The van der Waals surface area contributed by atoms with Gasteiger partial charge in [0.2, 0.25) is 5.91 Å². The van der Waals surface area contributed by atoms with Crippen molar-refractivity contribution in [3.05, 3.63) is 22.7 Å². The maximum absolute atomic E-state index is 12.4. The van der Waals surface area contributed by atoms with Crippen molar-refractivity contribution in [3.63, 3.8) is 0 Å². The van der Waals surface area contributed by atoms with Gasteiger partial charge in [-0.15, -0.1) is 0 Å². The predicted molar refractivity (Wildman–Crippen MR) is 80.9 cm³/mol. The van der Waals surface area contributed by atoms with Gasteiger partial charge in [0.1, 0.15) is 17.1 Å². The first-order valence-electron chi connectivity index (χ1n) is 6.16. The lowest BCUT2D eigenvalue weighted by Gasteiger charge is -2.34. The standard InChI is InChI=1S/C13H16BrNO4S/c1-8-7-15(13(16)9(2)20(3,17)18)11-6-10(14)4-5-12(11)19-8/h4-6,8-9H,7H2,1-3H3. The van der Waals surface area contributed by atoms with Crippen molar-refractivity contribution in [2.24, 2.45) is 0 Å². The average Bonchev–Trinajstić information content (AvgIpc) is 2.35. The Morgan fingerprint density at radius 1 is 1.50 bits per heavy atom. The first-order chi connectivity index (χ1) is 9.20. The van der Waals surface area contributed by atoms with Gasteiger partial charge in [0.25, 0.3) is 0 Å². The average molecular weight is 362 g/mol. The topological polar surface area (TPSA) is 63.7 Å². The highest BCUT2D eigenvalue weighted by Crippen LogP contribution is 2.36. The summed E-state index contributed by atoms with van der Waals surface area (Å²) in [6.45, 7) is 3.59. The van der Waals surface area contributed by atoms with Crippen LogP contribution in [0.3, 0.4) is 0 Å². The van der Waals surface area contributed by atoms with Gasteiger partial charge in [-0.1, -0.05) is 15.9 Å². The molecule has 0 saturated carbocycles. The van der Waals surface area contributed by atoms with E-state index in [1.165, 1.54) is 11.8 Å². The molecular weight excluding hydrogens is 346 g/mol. The fraction of sp³-hybridized carbons (Fsp3) is 0.462. The Balaban J connectivity index is 2.43. The van der Waals surface area contributed by atoms with E-state index >= 15 is 0 Å². The van der Waals surface area contributed by atoms with Crippen molar-refractivity contribution in [3.8, 4) is 5.75 Å². The first kappa shape index (κ1) is 15.3. The van der Waals surface area contributed by atoms with Gasteiger partial charge in [0, 0.05) is 10.7 Å². The number of benzene rings is 1. The summed E-state index contributed by atoms with van der Waals surface area (Å²) in [4.78, 5) is 13.9. The van der Waals surface area contributed by atoms with Crippen molar-refractivity contribution < 1.29 is 17.9 Å². The molecular formula is C13H16BrNO4S. The molecule has 20 heavy (non-hydrogen) atoms. The van der Waals surface area contributed by atoms with Crippen molar-refractivity contribution in [1.29, 1.82) is 0 Å². The monoisotopic (exact) mass is 361 g/mol. The Morgan fingerprint density at radius 2 is 2.15 bits per heavy atom. The number of rotatable bonds is 2. The number of carbonyl (C=O) groups excluding carboxylic acids is 1. The molecule has 7 heteroatoms. The molecule has 0 aliphatic carbocycles. The predicted octanol–water partition coefficient (Wildman–Crippen LogP) is 2.00. The number of hydrogen-bond acceptors (Lipinski definition) is 4. The van der Waals surface area contributed by atoms with Crippen LogP contribution in [0.1, 0.15) is 13.8 Å². The molecule has 0 fully saturated rings. The zero-order valence-electron chi connectivity index (χ0n) is 11.5. The van der Waals surface area contributed by atoms with Crippen LogP contribution in [0.5, 0.6) is 5.75 Å². The van der Waals surface area contributed by atoms with E-state index < -0.39 is 21.0 Å². The zero-order valence-corrected chi connectivity index (χ0v) is 13.9. The van der Waals surface area contributed by atoms with Crippen LogP contribution in [0, 0.1) is 0 Å². The maximum atomic E-state index is 12.4. The molecule has 1 aliphatic heterocycles. The molecule has 1 heterocycles. The molecule has 0 spiro atoms. The molecule has 0 saturated heterocycles. The van der Waals surface area contributed by atoms with Gasteiger partial charge in [0.05, 0.1) is 12.2 Å². The van der Waals surface area contributed by atoms with Crippen LogP contribution < -0.4 is 9.64 Å². The maximum Gasteiger partial charge on any atom is 0.245 e. The minimum atomic E-state index is -3.43. The van der Waals surface area contributed by atoms with Crippen molar-refractivity contribution in [2.45, 2.75) is 25.2 Å². The second kappa shape index (κ2) is 5.37. The molecule has 0 radical (unpaired) electrons. The van der Waals surface area contributed by atoms with E-state index in [2.05, 4.69) is 15.9 Å². The molecule has 2 atom stereocenters. The Hall–Kier alpha value is -1.08. The van der Waals surface area contributed by atoms with E-state index in [0.717, 1.165) is 10.7 Å². The molecule has 5 nitrogen and oxygen atoms in total. The number of amides is 1. The molecule has 2 unspecified atom stereocenters. The minimum Gasteiger partial charge on any atom is -0.487 e. The van der Waals surface area contributed by atoms with Gasteiger partial charge >= 0.3 is 0 Å². The highest BCUT2D eigenvalue weighted by molar-refractivity contribution is 9.10. The molecule has 1 aliphatic rings. The summed E-state index contributed by atoms with van der Waals surface area (Å²) >= 11 is 3.35. The second-order valence-electron chi connectivity index (χ2n) is 4.96. The third kappa shape index (κ3) is 2.98. The molecule has 0 bridgehead atoms. The molecule has 1 aromatic rings. The summed E-state index contributed by atoms with van der Waals surface area (Å²) in [5.74, 6) is 0.156. The summed E-state index contributed by atoms with van der Waals surface area (Å²) in [6.07, 6.45) is 0.890. The fourth-order valence-electron chi connectivity index (χ4n) is 2.02. The highest BCUT2D eigenvalue weighted by atomic mass is 79.9. The Labute approximate surface area is 127 Å². The molecule has 110 valence electrons. The number of hydrogen-bond donors (Lipinski definition) is 0. The largest absolute Gasteiger partial charge is 0.487 e. The SMILES string of the molecule is CC1CN(C(=O)C(C)S(C)(=O)=O)c2cc(Br)ccc2O1. The number of sulfone groups is 1. The number of halogens is 1. The van der Waals surface area contributed by atoms with E-state index in [-0.39, 0.29) is 6.10 Å². The van der Waals surface area contributed by atoms with Crippen LogP contribution in [-0.4, -0.2) is 38.5 Å². The van der Waals surface area contributed by atoms with E-state index in [4.69, 9.17) is 4.74 Å². The van der Waals surface area contributed by atoms with Gasteiger partial charge < -0.3 is 9.64 Å². The summed E-state index contributed by atoms with van der Waals surface area (Å²) in [5, 5.41) is -1.07. The quantitative estimate of drug-likeness (QED) is 0.807. The van der Waals surface area contributed by atoms with E-state index in [0.29, 0.717) is 18.0 Å². The van der Waals surface area contributed by atoms with Crippen LogP contribution in [0.2, 0.25) is 0 Å². The number of fused-ring (bicyclic) bond motifs is 1. The summed E-state index contributed by atoms with van der Waals surface area (Å²) < 4.78 is 29.6. The molecule has 1 aromatic carbocycles. The van der Waals surface area contributed by atoms with E-state index in [1.54, 1.807) is 12.1 Å². The van der Waals surface area contributed by atoms with E-state index in [1.807, 2.05) is 13.0 Å². The Kier molecular flexibility index (Phi) is 4.11. The van der Waals surface area contributed by atoms with Gasteiger partial charge in [-0.2, -0.15) is 0 Å².